The summed E-state index contributed by atoms with van der Waals surface area (Å²) < 4.78 is 10.3. The van der Waals surface area contributed by atoms with Gasteiger partial charge in [-0.3, -0.25) is 9.59 Å². The highest BCUT2D eigenvalue weighted by Gasteiger charge is 2.21. The molecule has 36 heavy (non-hydrogen) atoms. The Kier molecular flexibility index (Phi) is 8.24. The van der Waals surface area contributed by atoms with Gasteiger partial charge in [0.25, 0.3) is 0 Å². The van der Waals surface area contributed by atoms with E-state index in [-0.39, 0.29) is 46.8 Å². The summed E-state index contributed by atoms with van der Waals surface area (Å²) in [6.07, 6.45) is 0. The summed E-state index contributed by atoms with van der Waals surface area (Å²) in [5, 5.41) is 6.19. The highest BCUT2D eigenvalue weighted by Crippen LogP contribution is 2.34. The van der Waals surface area contributed by atoms with Crippen LogP contribution in [0.4, 0.5) is 22.7 Å². The van der Waals surface area contributed by atoms with Gasteiger partial charge in [-0.1, -0.05) is 24.3 Å². The minimum Gasteiger partial charge on any atom is -0.462 e. The molecule has 3 rings (SSSR count). The van der Waals surface area contributed by atoms with Gasteiger partial charge in [0.05, 0.1) is 58.2 Å². The standard InChI is InChI=1S/C26H26N4O6/c1-3-35-25(33)15-9-5-7-11-19(15)29-21-13-17(23(27)31)18(24(28)32)14-22(21)30-20-12-8-6-10-16(20)26(34)36-4-2/h5-14,29-30H,3-4H2,1-2H3,(H2,27,31)(H2,28,32). The maximum absolute atomic E-state index is 12.5. The van der Waals surface area contributed by atoms with Crippen LogP contribution in [0.15, 0.2) is 60.7 Å². The lowest BCUT2D eigenvalue weighted by Crippen LogP contribution is -2.21. The van der Waals surface area contributed by atoms with Crippen molar-refractivity contribution < 1.29 is 28.7 Å². The summed E-state index contributed by atoms with van der Waals surface area (Å²) in [5.74, 6) is -2.84. The van der Waals surface area contributed by atoms with Crippen molar-refractivity contribution in [3.05, 3.63) is 82.9 Å². The Morgan fingerprint density at radius 3 is 1.31 bits per heavy atom. The summed E-state index contributed by atoms with van der Waals surface area (Å²) in [6, 6.07) is 15.9. The number of carbonyl (C=O) groups excluding carboxylic acids is 4. The zero-order valence-electron chi connectivity index (χ0n) is 19.8. The van der Waals surface area contributed by atoms with Crippen LogP contribution in [0.25, 0.3) is 0 Å². The van der Waals surface area contributed by atoms with Crippen LogP contribution in [-0.2, 0) is 9.47 Å². The minimum absolute atomic E-state index is 0.122. The average Bonchev–Trinajstić information content (AvgIpc) is 2.85. The molecule has 0 heterocycles. The Morgan fingerprint density at radius 1 is 0.611 bits per heavy atom. The van der Waals surface area contributed by atoms with Crippen molar-refractivity contribution in [2.45, 2.75) is 13.8 Å². The predicted octanol–water partition coefficient (Wildman–Crippen LogP) is 3.73. The number of hydrogen-bond donors (Lipinski definition) is 4. The molecular formula is C26H26N4O6. The smallest absolute Gasteiger partial charge is 0.340 e. The van der Waals surface area contributed by atoms with Crippen LogP contribution in [0.2, 0.25) is 0 Å². The second-order valence-corrected chi connectivity index (χ2v) is 7.45. The van der Waals surface area contributed by atoms with Crippen LogP contribution in [0.5, 0.6) is 0 Å². The van der Waals surface area contributed by atoms with E-state index in [2.05, 4.69) is 10.6 Å². The molecule has 10 heteroatoms. The molecule has 0 fully saturated rings. The van der Waals surface area contributed by atoms with E-state index in [0.717, 1.165) is 0 Å². The lowest BCUT2D eigenvalue weighted by Gasteiger charge is -2.19. The number of nitrogens with one attached hydrogen (secondary N) is 2. The Bertz CT molecular complexity index is 1220. The van der Waals surface area contributed by atoms with E-state index in [1.54, 1.807) is 62.4 Å². The fourth-order valence-corrected chi connectivity index (χ4v) is 3.46. The Balaban J connectivity index is 2.16. The van der Waals surface area contributed by atoms with E-state index >= 15 is 0 Å². The molecule has 3 aromatic carbocycles. The number of hydrogen-bond acceptors (Lipinski definition) is 8. The summed E-state index contributed by atoms with van der Waals surface area (Å²) >= 11 is 0. The van der Waals surface area contributed by atoms with Crippen LogP contribution >= 0.6 is 0 Å². The molecule has 0 aliphatic heterocycles. The van der Waals surface area contributed by atoms with Gasteiger partial charge in [-0.15, -0.1) is 0 Å². The van der Waals surface area contributed by atoms with Gasteiger partial charge in [-0.05, 0) is 50.2 Å². The minimum atomic E-state index is -0.871. The fourth-order valence-electron chi connectivity index (χ4n) is 3.46. The third kappa shape index (κ3) is 5.79. The molecule has 10 nitrogen and oxygen atoms in total. The highest BCUT2D eigenvalue weighted by molar-refractivity contribution is 6.09. The topological polar surface area (TPSA) is 163 Å². The van der Waals surface area contributed by atoms with E-state index in [1.165, 1.54) is 12.1 Å². The quantitative estimate of drug-likeness (QED) is 0.312. The van der Waals surface area contributed by atoms with Gasteiger partial charge < -0.3 is 31.6 Å². The third-order valence-electron chi connectivity index (χ3n) is 5.07. The van der Waals surface area contributed by atoms with E-state index in [9.17, 15) is 19.2 Å². The number of primary amides is 2. The maximum atomic E-state index is 12.5. The number of carbonyl (C=O) groups is 4. The number of rotatable bonds is 10. The molecule has 0 aliphatic carbocycles. The van der Waals surface area contributed by atoms with Crippen molar-refractivity contribution in [2.75, 3.05) is 23.8 Å². The number of ether oxygens (including phenoxy) is 2. The van der Waals surface area contributed by atoms with Gasteiger partial charge in [0.15, 0.2) is 0 Å². The number of nitrogens with two attached hydrogens (primary N) is 2. The first-order chi connectivity index (χ1) is 17.3. The molecule has 0 aliphatic rings. The van der Waals surface area contributed by atoms with Crippen molar-refractivity contribution in [1.29, 1.82) is 0 Å². The molecule has 0 unspecified atom stereocenters. The molecule has 0 spiro atoms. The first-order valence-electron chi connectivity index (χ1n) is 11.1. The van der Waals surface area contributed by atoms with Gasteiger partial charge in [0.1, 0.15) is 0 Å². The van der Waals surface area contributed by atoms with E-state index < -0.39 is 23.8 Å². The summed E-state index contributed by atoms with van der Waals surface area (Å²) in [7, 11) is 0. The monoisotopic (exact) mass is 490 g/mol. The van der Waals surface area contributed by atoms with Crippen molar-refractivity contribution >= 4 is 46.5 Å². The lowest BCUT2D eigenvalue weighted by molar-refractivity contribution is 0.0518. The Labute approximate surface area is 207 Å². The van der Waals surface area contributed by atoms with Crippen molar-refractivity contribution in [3.63, 3.8) is 0 Å². The molecule has 0 aromatic heterocycles. The van der Waals surface area contributed by atoms with Gasteiger partial charge in [-0.25, -0.2) is 9.59 Å². The Hall–Kier alpha value is -4.86. The second kappa shape index (κ2) is 11.5. The molecule has 0 saturated carbocycles. The second-order valence-electron chi connectivity index (χ2n) is 7.45. The first-order valence-corrected chi connectivity index (χ1v) is 11.1. The van der Waals surface area contributed by atoms with E-state index in [1.807, 2.05) is 0 Å². The fraction of sp³-hybridized carbons (Fsp3) is 0.154. The largest absolute Gasteiger partial charge is 0.462 e. The van der Waals surface area contributed by atoms with Crippen molar-refractivity contribution in [2.24, 2.45) is 11.5 Å². The zero-order valence-corrected chi connectivity index (χ0v) is 19.8. The van der Waals surface area contributed by atoms with Crippen LogP contribution in [-0.4, -0.2) is 37.0 Å². The number of anilines is 4. The van der Waals surface area contributed by atoms with Crippen molar-refractivity contribution in [3.8, 4) is 0 Å². The number of para-hydroxylation sites is 2. The van der Waals surface area contributed by atoms with Crippen LogP contribution in [0.1, 0.15) is 55.3 Å². The van der Waals surface area contributed by atoms with Gasteiger partial charge in [0, 0.05) is 0 Å². The number of benzene rings is 3. The van der Waals surface area contributed by atoms with Crippen LogP contribution < -0.4 is 22.1 Å². The third-order valence-corrected chi connectivity index (χ3v) is 5.07. The van der Waals surface area contributed by atoms with E-state index in [4.69, 9.17) is 20.9 Å². The molecule has 0 bridgehead atoms. The molecule has 0 atom stereocenters. The average molecular weight is 491 g/mol. The molecule has 2 amide bonds. The highest BCUT2D eigenvalue weighted by atomic mass is 16.5. The summed E-state index contributed by atoms with van der Waals surface area (Å²) in [4.78, 5) is 49.1. The molecule has 3 aromatic rings. The molecular weight excluding hydrogens is 464 g/mol. The van der Waals surface area contributed by atoms with Crippen LogP contribution in [0.3, 0.4) is 0 Å². The van der Waals surface area contributed by atoms with Gasteiger partial charge >= 0.3 is 11.9 Å². The molecule has 0 saturated heterocycles. The summed E-state index contributed by atoms with van der Waals surface area (Å²) in [6.45, 7) is 3.75. The normalized spacial score (nSPS) is 10.3. The maximum Gasteiger partial charge on any atom is 0.340 e. The zero-order chi connectivity index (χ0) is 26.2. The predicted molar refractivity (Wildman–Crippen MR) is 135 cm³/mol. The number of amides is 2. The van der Waals surface area contributed by atoms with Crippen molar-refractivity contribution in [1.82, 2.24) is 0 Å². The van der Waals surface area contributed by atoms with Crippen LogP contribution in [0, 0.1) is 0 Å². The Morgan fingerprint density at radius 2 is 0.972 bits per heavy atom. The van der Waals surface area contributed by atoms with Gasteiger partial charge in [-0.2, -0.15) is 0 Å². The number of esters is 2. The molecule has 186 valence electrons. The summed E-state index contributed by atoms with van der Waals surface area (Å²) in [5.41, 5.74) is 12.6. The van der Waals surface area contributed by atoms with E-state index in [0.29, 0.717) is 11.4 Å². The SMILES string of the molecule is CCOC(=O)c1ccccc1Nc1cc(C(N)=O)c(C(N)=O)cc1Nc1ccccc1C(=O)OCC. The molecule has 6 N–H and O–H groups in total. The first kappa shape index (κ1) is 25.8. The molecule has 0 radical (unpaired) electrons. The van der Waals surface area contributed by atoms with Gasteiger partial charge in [0.2, 0.25) is 11.8 Å². The lowest BCUT2D eigenvalue weighted by atomic mass is 10.0.